The Bertz CT molecular complexity index is 552. The van der Waals surface area contributed by atoms with E-state index in [0.29, 0.717) is 12.1 Å². The second-order valence-electron chi connectivity index (χ2n) is 5.29. The van der Waals surface area contributed by atoms with Crippen molar-refractivity contribution in [3.05, 3.63) is 34.9 Å². The summed E-state index contributed by atoms with van der Waals surface area (Å²) in [4.78, 5) is 14.6. The van der Waals surface area contributed by atoms with Gasteiger partial charge >= 0.3 is 0 Å². The fraction of sp³-hybridized carbons (Fsp3) is 0.471. The molecule has 4 heteroatoms. The van der Waals surface area contributed by atoms with Crippen LogP contribution in [0.4, 0.5) is 0 Å². The maximum absolute atomic E-state index is 12.2. The summed E-state index contributed by atoms with van der Waals surface area (Å²) in [5.74, 6) is 5.37. The highest BCUT2D eigenvalue weighted by molar-refractivity contribution is 5.96. The average Bonchev–Trinajstić information content (AvgIpc) is 2.99. The van der Waals surface area contributed by atoms with Gasteiger partial charge in [-0.2, -0.15) is 0 Å². The molecule has 21 heavy (non-hydrogen) atoms. The highest BCUT2D eigenvalue weighted by atomic mass is 16.2. The molecule has 1 heterocycles. The molecule has 1 aromatic rings. The molecule has 4 nitrogen and oxygen atoms in total. The first-order valence-corrected chi connectivity index (χ1v) is 7.41. The maximum atomic E-state index is 12.2. The first-order chi connectivity index (χ1) is 10.2. The van der Waals surface area contributed by atoms with E-state index in [4.69, 9.17) is 5.11 Å². The number of hydrogen-bond donors (Lipinski definition) is 2. The van der Waals surface area contributed by atoms with Crippen molar-refractivity contribution in [2.45, 2.75) is 19.8 Å². The molecule has 112 valence electrons. The van der Waals surface area contributed by atoms with Crippen LogP contribution in [0.15, 0.2) is 18.2 Å². The van der Waals surface area contributed by atoms with Gasteiger partial charge in [-0.05, 0) is 50.6 Å². The third-order valence-corrected chi connectivity index (χ3v) is 3.71. The van der Waals surface area contributed by atoms with Crippen LogP contribution in [0.25, 0.3) is 0 Å². The van der Waals surface area contributed by atoms with Gasteiger partial charge < -0.3 is 15.3 Å². The monoisotopic (exact) mass is 286 g/mol. The first kappa shape index (κ1) is 15.6. The van der Waals surface area contributed by atoms with Crippen LogP contribution in [0, 0.1) is 18.8 Å². The fourth-order valence-electron chi connectivity index (χ4n) is 2.51. The number of hydrogen-bond acceptors (Lipinski definition) is 3. The lowest BCUT2D eigenvalue weighted by molar-refractivity contribution is 0.0949. The molecule has 2 rings (SSSR count). The maximum Gasteiger partial charge on any atom is 0.251 e. The lowest BCUT2D eigenvalue weighted by atomic mass is 10.0. The van der Waals surface area contributed by atoms with Crippen LogP contribution >= 0.6 is 0 Å². The lowest BCUT2D eigenvalue weighted by Crippen LogP contribution is -2.33. The molecule has 0 radical (unpaired) electrons. The Balaban J connectivity index is 1.94. The van der Waals surface area contributed by atoms with Gasteiger partial charge in [0.15, 0.2) is 0 Å². The Hall–Kier alpha value is -1.83. The number of aliphatic hydroxyl groups is 1. The van der Waals surface area contributed by atoms with E-state index in [1.807, 2.05) is 19.1 Å². The Labute approximate surface area is 126 Å². The van der Waals surface area contributed by atoms with E-state index in [-0.39, 0.29) is 12.5 Å². The van der Waals surface area contributed by atoms with Crippen molar-refractivity contribution in [1.82, 2.24) is 10.2 Å². The molecule has 2 N–H and O–H groups in total. The van der Waals surface area contributed by atoms with Gasteiger partial charge in [-0.3, -0.25) is 4.79 Å². The van der Waals surface area contributed by atoms with E-state index in [1.165, 1.54) is 12.8 Å². The number of likely N-dealkylation sites (tertiary alicyclic amines) is 1. The van der Waals surface area contributed by atoms with Gasteiger partial charge in [0, 0.05) is 24.2 Å². The molecule has 1 amide bonds. The zero-order chi connectivity index (χ0) is 15.1. The van der Waals surface area contributed by atoms with Crippen molar-refractivity contribution in [3.8, 4) is 11.8 Å². The molecule has 1 aliphatic heterocycles. The van der Waals surface area contributed by atoms with Crippen LogP contribution < -0.4 is 5.32 Å². The minimum absolute atomic E-state index is 0.0562. The minimum atomic E-state index is -0.175. The van der Waals surface area contributed by atoms with Gasteiger partial charge in [-0.25, -0.2) is 0 Å². The van der Waals surface area contributed by atoms with Gasteiger partial charge in [-0.1, -0.05) is 17.9 Å². The third kappa shape index (κ3) is 4.59. The van der Waals surface area contributed by atoms with Crippen molar-refractivity contribution >= 4 is 5.91 Å². The largest absolute Gasteiger partial charge is 0.384 e. The number of nitrogens with one attached hydrogen (secondary N) is 1. The van der Waals surface area contributed by atoms with Crippen LogP contribution in [0.2, 0.25) is 0 Å². The second kappa shape index (κ2) is 7.82. The number of rotatable bonds is 4. The topological polar surface area (TPSA) is 52.6 Å². The number of carbonyl (C=O) groups is 1. The first-order valence-electron chi connectivity index (χ1n) is 7.41. The fourth-order valence-corrected chi connectivity index (χ4v) is 2.51. The summed E-state index contributed by atoms with van der Waals surface area (Å²) in [5.41, 5.74) is 2.34. The summed E-state index contributed by atoms with van der Waals surface area (Å²) in [7, 11) is 0. The number of aryl methyl sites for hydroxylation is 1. The molecule has 0 atom stereocenters. The molecule has 1 aromatic carbocycles. The molecule has 0 spiro atoms. The molecule has 1 fully saturated rings. The normalized spacial score (nSPS) is 14.6. The standard InChI is InChI=1S/C17H22N2O2/c1-14-6-7-15(5-4-12-20)13-16(14)17(21)18-8-11-19-9-2-3-10-19/h6-7,13,20H,2-3,8-12H2,1H3,(H,18,21). The summed E-state index contributed by atoms with van der Waals surface area (Å²) < 4.78 is 0. The second-order valence-corrected chi connectivity index (χ2v) is 5.29. The Morgan fingerprint density at radius 2 is 2.14 bits per heavy atom. The summed E-state index contributed by atoms with van der Waals surface area (Å²) >= 11 is 0. The zero-order valence-electron chi connectivity index (χ0n) is 12.5. The van der Waals surface area contributed by atoms with Gasteiger partial charge in [0.25, 0.3) is 5.91 Å². The van der Waals surface area contributed by atoms with Crippen molar-refractivity contribution in [1.29, 1.82) is 0 Å². The summed E-state index contributed by atoms with van der Waals surface area (Å²) in [6.45, 7) is 5.60. The third-order valence-electron chi connectivity index (χ3n) is 3.71. The number of aliphatic hydroxyl groups excluding tert-OH is 1. The molecule has 1 saturated heterocycles. The quantitative estimate of drug-likeness (QED) is 0.817. The van der Waals surface area contributed by atoms with E-state index in [9.17, 15) is 4.79 Å². The van der Waals surface area contributed by atoms with Gasteiger partial charge in [0.05, 0.1) is 0 Å². The highest BCUT2D eigenvalue weighted by Gasteiger charge is 2.12. The Morgan fingerprint density at radius 1 is 1.38 bits per heavy atom. The molecule has 0 aromatic heterocycles. The molecule has 0 bridgehead atoms. The van der Waals surface area contributed by atoms with Gasteiger partial charge in [-0.15, -0.1) is 0 Å². The molecule has 0 aliphatic carbocycles. The Kier molecular flexibility index (Phi) is 5.79. The Morgan fingerprint density at radius 3 is 2.86 bits per heavy atom. The van der Waals surface area contributed by atoms with Gasteiger partial charge in [0.1, 0.15) is 6.61 Å². The van der Waals surface area contributed by atoms with Crippen LogP contribution in [0.1, 0.15) is 34.3 Å². The molecular formula is C17H22N2O2. The highest BCUT2D eigenvalue weighted by Crippen LogP contribution is 2.11. The smallest absolute Gasteiger partial charge is 0.251 e. The van der Waals surface area contributed by atoms with E-state index < -0.39 is 0 Å². The predicted molar refractivity (Wildman–Crippen MR) is 83.2 cm³/mol. The van der Waals surface area contributed by atoms with E-state index >= 15 is 0 Å². The van der Waals surface area contributed by atoms with Crippen LogP contribution in [0.3, 0.4) is 0 Å². The van der Waals surface area contributed by atoms with Crippen LogP contribution in [0.5, 0.6) is 0 Å². The van der Waals surface area contributed by atoms with Gasteiger partial charge in [0.2, 0.25) is 0 Å². The average molecular weight is 286 g/mol. The number of carbonyl (C=O) groups excluding carboxylic acids is 1. The molecule has 0 unspecified atom stereocenters. The SMILES string of the molecule is Cc1ccc(C#CCO)cc1C(=O)NCCN1CCCC1. The minimum Gasteiger partial charge on any atom is -0.384 e. The molecular weight excluding hydrogens is 264 g/mol. The summed E-state index contributed by atoms with van der Waals surface area (Å²) in [6.07, 6.45) is 2.53. The summed E-state index contributed by atoms with van der Waals surface area (Å²) in [6, 6.07) is 5.53. The number of nitrogens with zero attached hydrogens (tertiary/aromatic N) is 1. The molecule has 1 aliphatic rings. The number of amides is 1. The van der Waals surface area contributed by atoms with Crippen LogP contribution in [-0.2, 0) is 0 Å². The predicted octanol–water partition coefficient (Wildman–Crippen LogP) is 1.16. The number of benzene rings is 1. The van der Waals surface area contributed by atoms with Crippen molar-refractivity contribution in [3.63, 3.8) is 0 Å². The lowest BCUT2D eigenvalue weighted by Gasteiger charge is -2.15. The van der Waals surface area contributed by atoms with Crippen molar-refractivity contribution < 1.29 is 9.90 Å². The van der Waals surface area contributed by atoms with E-state index in [1.54, 1.807) is 6.07 Å². The summed E-state index contributed by atoms with van der Waals surface area (Å²) in [5, 5.41) is 11.7. The van der Waals surface area contributed by atoms with Crippen molar-refractivity contribution in [2.24, 2.45) is 0 Å². The van der Waals surface area contributed by atoms with E-state index in [2.05, 4.69) is 22.1 Å². The zero-order valence-corrected chi connectivity index (χ0v) is 12.5. The van der Waals surface area contributed by atoms with Crippen LogP contribution in [-0.4, -0.2) is 48.7 Å². The molecule has 0 saturated carbocycles. The van der Waals surface area contributed by atoms with E-state index in [0.717, 1.165) is 30.8 Å². The van der Waals surface area contributed by atoms with Crippen molar-refractivity contribution in [2.75, 3.05) is 32.8 Å².